The molecule has 1 saturated heterocycles. The summed E-state index contributed by atoms with van der Waals surface area (Å²) in [7, 11) is 0. The predicted molar refractivity (Wildman–Crippen MR) is 56.5 cm³/mol. The smallest absolute Gasteiger partial charge is 0.331 e. The summed E-state index contributed by atoms with van der Waals surface area (Å²) in [5.74, 6) is -0.538. The third-order valence-corrected chi connectivity index (χ3v) is 2.70. The number of halogens is 3. The van der Waals surface area contributed by atoms with Crippen molar-refractivity contribution in [2.75, 3.05) is 6.54 Å². The first-order valence-electron chi connectivity index (χ1n) is 5.32. The molecule has 1 amide bonds. The van der Waals surface area contributed by atoms with E-state index in [0.29, 0.717) is 5.56 Å². The van der Waals surface area contributed by atoms with E-state index in [0.717, 1.165) is 12.1 Å². The number of likely N-dealkylation sites (tertiary alicyclic amines) is 1. The van der Waals surface area contributed by atoms with Crippen molar-refractivity contribution >= 4 is 11.7 Å². The van der Waals surface area contributed by atoms with Gasteiger partial charge in [0.25, 0.3) is 0 Å². The van der Waals surface area contributed by atoms with Gasteiger partial charge in [-0.1, -0.05) is 12.1 Å². The van der Waals surface area contributed by atoms with Crippen LogP contribution >= 0.6 is 0 Å². The van der Waals surface area contributed by atoms with Crippen LogP contribution in [-0.4, -0.2) is 23.1 Å². The highest BCUT2D eigenvalue weighted by Crippen LogP contribution is 2.29. The lowest BCUT2D eigenvalue weighted by atomic mass is 10.1. The number of nitrogens with zero attached hydrogens (tertiary/aromatic N) is 1. The van der Waals surface area contributed by atoms with Gasteiger partial charge in [0.2, 0.25) is 5.91 Å². The summed E-state index contributed by atoms with van der Waals surface area (Å²) < 4.78 is 37.5. The zero-order chi connectivity index (χ0) is 13.3. The summed E-state index contributed by atoms with van der Waals surface area (Å²) in [6.07, 6.45) is -4.56. The summed E-state index contributed by atoms with van der Waals surface area (Å²) in [6.45, 7) is 0.0174. The Kier molecular flexibility index (Phi) is 3.11. The van der Waals surface area contributed by atoms with Gasteiger partial charge in [-0.2, -0.15) is 13.2 Å². The van der Waals surface area contributed by atoms with Crippen molar-refractivity contribution in [2.24, 2.45) is 0 Å². The van der Waals surface area contributed by atoms with Crippen LogP contribution in [-0.2, 0) is 22.3 Å². The Hall–Kier alpha value is -1.85. The van der Waals surface area contributed by atoms with Crippen molar-refractivity contribution in [2.45, 2.75) is 19.1 Å². The molecule has 0 atom stereocenters. The molecule has 96 valence electrons. The molecule has 0 bridgehead atoms. The van der Waals surface area contributed by atoms with Crippen LogP contribution in [0.4, 0.5) is 13.2 Å². The molecule has 3 nitrogen and oxygen atoms in total. The molecule has 0 spiro atoms. The third-order valence-electron chi connectivity index (χ3n) is 2.70. The third kappa shape index (κ3) is 2.69. The van der Waals surface area contributed by atoms with Gasteiger partial charge >= 0.3 is 6.18 Å². The van der Waals surface area contributed by atoms with Gasteiger partial charge < -0.3 is 4.90 Å². The molecule has 1 aliphatic rings. The van der Waals surface area contributed by atoms with Gasteiger partial charge in [-0.05, 0) is 17.7 Å². The van der Waals surface area contributed by atoms with E-state index in [9.17, 15) is 22.8 Å². The highest BCUT2D eigenvalue weighted by Gasteiger charge is 2.31. The average Bonchev–Trinajstić information content (AvgIpc) is 2.56. The minimum atomic E-state index is -4.40. The lowest BCUT2D eigenvalue weighted by Gasteiger charge is -2.15. The topological polar surface area (TPSA) is 37.4 Å². The Morgan fingerprint density at radius 1 is 1.22 bits per heavy atom. The summed E-state index contributed by atoms with van der Waals surface area (Å²) in [6, 6.07) is 4.77. The molecule has 1 aromatic rings. The second kappa shape index (κ2) is 4.44. The zero-order valence-corrected chi connectivity index (χ0v) is 9.33. The zero-order valence-electron chi connectivity index (χ0n) is 9.33. The van der Waals surface area contributed by atoms with Crippen LogP contribution in [0.3, 0.4) is 0 Å². The van der Waals surface area contributed by atoms with Crippen LogP contribution in [0.2, 0.25) is 0 Å². The van der Waals surface area contributed by atoms with Crippen LogP contribution in [0, 0.1) is 0 Å². The number of amides is 1. The first-order valence-corrected chi connectivity index (χ1v) is 5.32. The molecule has 1 aromatic carbocycles. The fraction of sp³-hybridized carbons (Fsp3) is 0.333. The number of rotatable bonds is 2. The largest absolute Gasteiger partial charge is 0.416 e. The van der Waals surface area contributed by atoms with Gasteiger partial charge in [-0.15, -0.1) is 0 Å². The molecule has 18 heavy (non-hydrogen) atoms. The number of hydrogen-bond acceptors (Lipinski definition) is 2. The first-order chi connectivity index (χ1) is 8.36. The van der Waals surface area contributed by atoms with Gasteiger partial charge in [0.05, 0.1) is 18.5 Å². The second-order valence-electron chi connectivity index (χ2n) is 4.16. The lowest BCUT2D eigenvalue weighted by molar-refractivity contribution is -0.137. The van der Waals surface area contributed by atoms with Crippen molar-refractivity contribution in [3.8, 4) is 0 Å². The maximum Gasteiger partial charge on any atom is 0.416 e. The van der Waals surface area contributed by atoms with E-state index in [4.69, 9.17) is 0 Å². The van der Waals surface area contributed by atoms with E-state index >= 15 is 0 Å². The van der Waals surface area contributed by atoms with Crippen molar-refractivity contribution in [3.63, 3.8) is 0 Å². The summed E-state index contributed by atoms with van der Waals surface area (Å²) in [5.41, 5.74) is -0.383. The van der Waals surface area contributed by atoms with Crippen molar-refractivity contribution in [1.29, 1.82) is 0 Å². The van der Waals surface area contributed by atoms with Crippen LogP contribution in [0.1, 0.15) is 17.5 Å². The number of carbonyl (C=O) groups is 2. The van der Waals surface area contributed by atoms with Gasteiger partial charge in [0.15, 0.2) is 5.78 Å². The summed E-state index contributed by atoms with van der Waals surface area (Å²) >= 11 is 0. The van der Waals surface area contributed by atoms with Crippen LogP contribution in [0.25, 0.3) is 0 Å². The molecular formula is C12H10F3NO2. The van der Waals surface area contributed by atoms with Crippen molar-refractivity contribution in [3.05, 3.63) is 35.4 Å². The molecule has 0 N–H and O–H groups in total. The average molecular weight is 257 g/mol. The van der Waals surface area contributed by atoms with Crippen molar-refractivity contribution < 1.29 is 22.8 Å². The molecule has 0 aliphatic carbocycles. The van der Waals surface area contributed by atoms with E-state index in [2.05, 4.69) is 0 Å². The highest BCUT2D eigenvalue weighted by atomic mass is 19.4. The predicted octanol–water partition coefficient (Wildman–Crippen LogP) is 2.01. The Balaban J connectivity index is 2.15. The van der Waals surface area contributed by atoms with Crippen LogP contribution < -0.4 is 0 Å². The van der Waals surface area contributed by atoms with Crippen LogP contribution in [0.15, 0.2) is 24.3 Å². The fourth-order valence-corrected chi connectivity index (χ4v) is 1.85. The molecule has 1 fully saturated rings. The standard InChI is InChI=1S/C12H10F3NO2/c13-12(14,15)9-3-1-2-8(4-9)6-16-7-10(17)5-11(16)18/h1-4H,5-7H2. The number of benzene rings is 1. The normalized spacial score (nSPS) is 16.5. The van der Waals surface area contributed by atoms with Crippen LogP contribution in [0.5, 0.6) is 0 Å². The second-order valence-corrected chi connectivity index (χ2v) is 4.16. The molecule has 6 heteroatoms. The van der Waals surface area contributed by atoms with E-state index in [1.165, 1.54) is 17.0 Å². The Morgan fingerprint density at radius 3 is 2.50 bits per heavy atom. The first kappa shape index (κ1) is 12.6. The number of hydrogen-bond donors (Lipinski definition) is 0. The van der Waals surface area contributed by atoms with Crippen molar-refractivity contribution in [1.82, 2.24) is 4.90 Å². The molecule has 0 radical (unpaired) electrons. The number of alkyl halides is 3. The van der Waals surface area contributed by atoms with Gasteiger partial charge in [0.1, 0.15) is 0 Å². The number of Topliss-reactive ketones (excluding diaryl/α,β-unsaturated/α-hetero) is 1. The Morgan fingerprint density at radius 2 is 1.94 bits per heavy atom. The molecule has 1 aliphatic heterocycles. The van der Waals surface area contributed by atoms with E-state index in [1.54, 1.807) is 0 Å². The number of ketones is 1. The molecule has 2 rings (SSSR count). The lowest BCUT2D eigenvalue weighted by Crippen LogP contribution is -2.24. The molecule has 0 aromatic heterocycles. The maximum absolute atomic E-state index is 12.5. The number of carbonyl (C=O) groups excluding carboxylic acids is 2. The van der Waals surface area contributed by atoms with Gasteiger partial charge in [-0.25, -0.2) is 0 Å². The highest BCUT2D eigenvalue weighted by molar-refractivity contribution is 6.05. The van der Waals surface area contributed by atoms with E-state index in [-0.39, 0.29) is 31.2 Å². The van der Waals surface area contributed by atoms with Gasteiger partial charge in [-0.3, -0.25) is 9.59 Å². The minimum Gasteiger partial charge on any atom is -0.331 e. The Labute approximate surface area is 101 Å². The van der Waals surface area contributed by atoms with E-state index < -0.39 is 11.7 Å². The Bertz CT molecular complexity index is 496. The quantitative estimate of drug-likeness (QED) is 0.760. The minimum absolute atomic E-state index is 0.0188. The molecular weight excluding hydrogens is 247 g/mol. The fourth-order valence-electron chi connectivity index (χ4n) is 1.85. The van der Waals surface area contributed by atoms with Gasteiger partial charge in [0, 0.05) is 6.54 Å². The molecule has 0 saturated carbocycles. The monoisotopic (exact) mass is 257 g/mol. The molecule has 0 unspecified atom stereocenters. The van der Waals surface area contributed by atoms with E-state index in [1.807, 2.05) is 0 Å². The summed E-state index contributed by atoms with van der Waals surface area (Å²) in [4.78, 5) is 23.7. The maximum atomic E-state index is 12.5. The molecule has 1 heterocycles. The summed E-state index contributed by atoms with van der Waals surface area (Å²) in [5, 5.41) is 0. The SMILES string of the molecule is O=C1CC(=O)N(Cc2cccc(C(F)(F)F)c2)C1.